The maximum atomic E-state index is 12.8. The van der Waals surface area contributed by atoms with Crippen LogP contribution in [0.3, 0.4) is 0 Å². The SMILES string of the molecule is CC1NNC(c2ccc(S(=O)(=O)Nc3cccc(-c4ccno4)c3)s2)C1C. The number of aromatic nitrogens is 1. The van der Waals surface area contributed by atoms with Gasteiger partial charge in [0.05, 0.1) is 12.2 Å². The summed E-state index contributed by atoms with van der Waals surface area (Å²) in [7, 11) is -3.66. The Bertz CT molecular complexity index is 1030. The minimum atomic E-state index is -3.66. The molecule has 0 radical (unpaired) electrons. The van der Waals surface area contributed by atoms with Crippen LogP contribution in [0.15, 0.2) is 57.4 Å². The van der Waals surface area contributed by atoms with E-state index in [1.165, 1.54) is 11.3 Å². The molecule has 3 N–H and O–H groups in total. The van der Waals surface area contributed by atoms with E-state index in [4.69, 9.17) is 4.52 Å². The monoisotopic (exact) mass is 404 g/mol. The summed E-state index contributed by atoms with van der Waals surface area (Å²) in [4.78, 5) is 0.995. The van der Waals surface area contributed by atoms with Crippen molar-refractivity contribution in [3.8, 4) is 11.3 Å². The second-order valence-electron chi connectivity index (χ2n) is 6.63. The average Bonchev–Trinajstić information content (AvgIpc) is 3.38. The van der Waals surface area contributed by atoms with Crippen molar-refractivity contribution in [1.29, 1.82) is 0 Å². The molecule has 2 aromatic heterocycles. The topological polar surface area (TPSA) is 96.3 Å². The van der Waals surface area contributed by atoms with Crippen molar-refractivity contribution in [3.05, 3.63) is 53.5 Å². The van der Waals surface area contributed by atoms with Crippen molar-refractivity contribution in [3.63, 3.8) is 0 Å². The number of nitrogens with one attached hydrogen (secondary N) is 3. The molecular formula is C18H20N4O3S2. The second kappa shape index (κ2) is 7.08. The first-order valence-corrected chi connectivity index (χ1v) is 10.9. The van der Waals surface area contributed by atoms with Crippen molar-refractivity contribution >= 4 is 27.0 Å². The normalized spacial score (nSPS) is 22.8. The second-order valence-corrected chi connectivity index (χ2v) is 9.66. The predicted octanol–water partition coefficient (Wildman–Crippen LogP) is 3.38. The molecule has 0 spiro atoms. The van der Waals surface area contributed by atoms with Crippen molar-refractivity contribution in [2.45, 2.75) is 30.1 Å². The molecule has 3 heterocycles. The van der Waals surface area contributed by atoms with Crippen LogP contribution in [0.5, 0.6) is 0 Å². The third-order valence-electron chi connectivity index (χ3n) is 4.79. The number of thiophene rings is 1. The number of benzene rings is 1. The summed E-state index contributed by atoms with van der Waals surface area (Å²) in [5.41, 5.74) is 7.67. The molecule has 0 aliphatic carbocycles. The van der Waals surface area contributed by atoms with Crippen LogP contribution in [0.2, 0.25) is 0 Å². The maximum Gasteiger partial charge on any atom is 0.271 e. The van der Waals surface area contributed by atoms with Gasteiger partial charge in [0.25, 0.3) is 10.0 Å². The van der Waals surface area contributed by atoms with Crippen LogP contribution < -0.4 is 15.6 Å². The Kier molecular flexibility index (Phi) is 4.77. The number of rotatable bonds is 5. The Hall–Kier alpha value is -2.20. The van der Waals surface area contributed by atoms with Gasteiger partial charge >= 0.3 is 0 Å². The van der Waals surface area contributed by atoms with E-state index < -0.39 is 10.0 Å². The average molecular weight is 405 g/mol. The lowest BCUT2D eigenvalue weighted by Gasteiger charge is -2.14. The molecule has 1 fully saturated rings. The van der Waals surface area contributed by atoms with Crippen molar-refractivity contribution in [2.75, 3.05) is 4.72 Å². The van der Waals surface area contributed by atoms with Gasteiger partial charge in [-0.15, -0.1) is 11.3 Å². The predicted molar refractivity (Wildman–Crippen MR) is 105 cm³/mol. The van der Waals surface area contributed by atoms with Crippen LogP contribution in [0.4, 0.5) is 5.69 Å². The zero-order valence-corrected chi connectivity index (χ0v) is 16.5. The Morgan fingerprint density at radius 2 is 2.00 bits per heavy atom. The summed E-state index contributed by atoms with van der Waals surface area (Å²) in [5, 5.41) is 3.68. The highest BCUT2D eigenvalue weighted by atomic mass is 32.2. The van der Waals surface area contributed by atoms with Crippen LogP contribution >= 0.6 is 11.3 Å². The number of anilines is 1. The van der Waals surface area contributed by atoms with Gasteiger partial charge in [-0.25, -0.2) is 13.8 Å². The number of hydrazine groups is 1. The Labute approximate surface area is 161 Å². The number of sulfonamides is 1. The summed E-state index contributed by atoms with van der Waals surface area (Å²) in [5.74, 6) is 0.947. The van der Waals surface area contributed by atoms with Crippen LogP contribution in [0, 0.1) is 5.92 Å². The summed E-state index contributed by atoms with van der Waals surface area (Å²) < 4.78 is 33.7. The molecule has 142 valence electrons. The first-order chi connectivity index (χ1) is 12.9. The third-order valence-corrected chi connectivity index (χ3v) is 7.83. The molecule has 3 aromatic rings. The Morgan fingerprint density at radius 1 is 1.15 bits per heavy atom. The standard InChI is InChI=1S/C18H20N4O3S2/c1-11-12(2)20-21-18(11)16-6-7-17(26-16)27(23,24)22-14-5-3-4-13(10-14)15-8-9-19-25-15/h3-12,18,20-22H,1-2H3. The van der Waals surface area contributed by atoms with E-state index in [-0.39, 0.29) is 10.3 Å². The molecule has 1 saturated heterocycles. The maximum absolute atomic E-state index is 12.8. The van der Waals surface area contributed by atoms with E-state index in [2.05, 4.69) is 34.6 Å². The highest BCUT2D eigenvalue weighted by molar-refractivity contribution is 7.94. The molecule has 7 nitrogen and oxygen atoms in total. The van der Waals surface area contributed by atoms with E-state index in [1.807, 2.05) is 12.1 Å². The van der Waals surface area contributed by atoms with Gasteiger partial charge in [0.1, 0.15) is 4.21 Å². The lowest BCUT2D eigenvalue weighted by molar-refractivity contribution is 0.432. The molecule has 1 aromatic carbocycles. The van der Waals surface area contributed by atoms with Gasteiger partial charge in [0.15, 0.2) is 5.76 Å². The zero-order chi connectivity index (χ0) is 19.0. The quantitative estimate of drug-likeness (QED) is 0.603. The van der Waals surface area contributed by atoms with Gasteiger partial charge in [0, 0.05) is 28.2 Å². The van der Waals surface area contributed by atoms with E-state index in [9.17, 15) is 8.42 Å². The molecule has 4 rings (SSSR count). The van der Waals surface area contributed by atoms with Gasteiger partial charge in [-0.3, -0.25) is 10.1 Å². The fraction of sp³-hybridized carbons (Fsp3) is 0.278. The number of nitrogens with zero attached hydrogens (tertiary/aromatic N) is 1. The molecule has 3 atom stereocenters. The van der Waals surface area contributed by atoms with Crippen molar-refractivity contribution in [2.24, 2.45) is 5.92 Å². The summed E-state index contributed by atoms with van der Waals surface area (Å²) >= 11 is 1.28. The Balaban J connectivity index is 1.55. The Morgan fingerprint density at radius 3 is 2.70 bits per heavy atom. The molecule has 1 aliphatic heterocycles. The largest absolute Gasteiger partial charge is 0.356 e. The molecule has 0 amide bonds. The minimum absolute atomic E-state index is 0.101. The highest BCUT2D eigenvalue weighted by Gasteiger charge is 2.32. The number of hydrogen-bond donors (Lipinski definition) is 3. The van der Waals surface area contributed by atoms with Crippen LogP contribution in [-0.4, -0.2) is 19.6 Å². The van der Waals surface area contributed by atoms with Gasteiger partial charge in [-0.05, 0) is 37.1 Å². The highest BCUT2D eigenvalue weighted by Crippen LogP contribution is 2.35. The lowest BCUT2D eigenvalue weighted by Crippen LogP contribution is -2.28. The molecule has 1 aliphatic rings. The molecule has 0 bridgehead atoms. The van der Waals surface area contributed by atoms with Gasteiger partial charge in [-0.2, -0.15) is 0 Å². The molecule has 27 heavy (non-hydrogen) atoms. The van der Waals surface area contributed by atoms with Gasteiger partial charge < -0.3 is 4.52 Å². The van der Waals surface area contributed by atoms with E-state index >= 15 is 0 Å². The van der Waals surface area contributed by atoms with E-state index in [0.29, 0.717) is 23.4 Å². The first kappa shape index (κ1) is 18.2. The minimum Gasteiger partial charge on any atom is -0.356 e. The molecule has 9 heteroatoms. The third kappa shape index (κ3) is 3.63. The van der Waals surface area contributed by atoms with Gasteiger partial charge in [0.2, 0.25) is 0 Å². The smallest absolute Gasteiger partial charge is 0.271 e. The summed E-state index contributed by atoms with van der Waals surface area (Å²) in [6.45, 7) is 4.25. The fourth-order valence-corrected chi connectivity index (χ4v) is 5.60. The first-order valence-electron chi connectivity index (χ1n) is 8.59. The molecule has 3 unspecified atom stereocenters. The fourth-order valence-electron chi connectivity index (χ4n) is 3.06. The zero-order valence-electron chi connectivity index (χ0n) is 14.8. The summed E-state index contributed by atoms with van der Waals surface area (Å²) in [6, 6.07) is 12.7. The lowest BCUT2D eigenvalue weighted by atomic mass is 9.97. The number of hydrogen-bond acceptors (Lipinski definition) is 7. The van der Waals surface area contributed by atoms with Crippen molar-refractivity contribution < 1.29 is 12.9 Å². The van der Waals surface area contributed by atoms with Crippen LogP contribution in [0.25, 0.3) is 11.3 Å². The molecular weight excluding hydrogens is 384 g/mol. The molecule has 0 saturated carbocycles. The van der Waals surface area contributed by atoms with Gasteiger partial charge in [-0.1, -0.05) is 24.2 Å². The van der Waals surface area contributed by atoms with Crippen LogP contribution in [0.1, 0.15) is 24.8 Å². The van der Waals surface area contributed by atoms with Crippen LogP contribution in [-0.2, 0) is 10.0 Å². The van der Waals surface area contributed by atoms with E-state index in [0.717, 1.165) is 10.4 Å². The van der Waals surface area contributed by atoms with E-state index in [1.54, 1.807) is 36.5 Å². The van der Waals surface area contributed by atoms with Crippen molar-refractivity contribution in [1.82, 2.24) is 16.0 Å². The summed E-state index contributed by atoms with van der Waals surface area (Å²) in [6.07, 6.45) is 1.55.